The van der Waals surface area contributed by atoms with Crippen LogP contribution in [0.1, 0.15) is 27.2 Å². The van der Waals surface area contributed by atoms with Gasteiger partial charge in [0, 0.05) is 10.5 Å². The van der Waals surface area contributed by atoms with E-state index in [4.69, 9.17) is 0 Å². The van der Waals surface area contributed by atoms with Gasteiger partial charge < -0.3 is 0 Å². The predicted molar refractivity (Wildman–Crippen MR) is 50.7 cm³/mol. The second-order valence-electron chi connectivity index (χ2n) is 3.25. The highest BCUT2D eigenvalue weighted by Gasteiger charge is 2.17. The number of hydrogen-bond acceptors (Lipinski definition) is 2. The Morgan fingerprint density at radius 1 is 1.44 bits per heavy atom. The van der Waals surface area contributed by atoms with E-state index in [1.165, 1.54) is 0 Å². The molecule has 1 atom stereocenters. The van der Waals surface area contributed by atoms with Crippen LogP contribution < -0.4 is 0 Å². The Kier molecular flexibility index (Phi) is 4.06. The molecule has 0 nitrogen and oxygen atoms in total. The summed E-state index contributed by atoms with van der Waals surface area (Å²) in [6.07, 6.45) is 1.14. The lowest BCUT2D eigenvalue weighted by molar-refractivity contribution is 0.511. The Labute approximate surface area is 69.2 Å². The van der Waals surface area contributed by atoms with E-state index >= 15 is 0 Å². The zero-order chi connectivity index (χ0) is 7.49. The fourth-order valence-electron chi connectivity index (χ4n) is 0.944. The van der Waals surface area contributed by atoms with Crippen molar-refractivity contribution >= 4 is 25.3 Å². The first kappa shape index (κ1) is 9.70. The number of thiol groups is 2. The Bertz CT molecular complexity index is 77.0. The molecule has 0 saturated heterocycles. The summed E-state index contributed by atoms with van der Waals surface area (Å²) >= 11 is 8.65. The zero-order valence-corrected chi connectivity index (χ0v) is 8.17. The van der Waals surface area contributed by atoms with E-state index in [2.05, 4.69) is 46.0 Å². The van der Waals surface area contributed by atoms with Crippen LogP contribution in [0.3, 0.4) is 0 Å². The third kappa shape index (κ3) is 5.16. The summed E-state index contributed by atoms with van der Waals surface area (Å²) in [5.41, 5.74) is 0. The largest absolute Gasteiger partial charge is 0.178 e. The maximum absolute atomic E-state index is 4.45. The number of hydrogen-bond donors (Lipinski definition) is 2. The molecule has 0 aliphatic carbocycles. The molecule has 0 aromatic carbocycles. The van der Waals surface area contributed by atoms with Crippen LogP contribution >= 0.6 is 25.3 Å². The first-order valence-electron chi connectivity index (χ1n) is 3.31. The molecule has 0 aliphatic rings. The minimum Gasteiger partial charge on any atom is -0.178 e. The molecule has 0 fully saturated rings. The van der Waals surface area contributed by atoms with Crippen molar-refractivity contribution in [2.24, 2.45) is 5.92 Å². The first-order valence-corrected chi connectivity index (χ1v) is 4.39. The van der Waals surface area contributed by atoms with E-state index in [-0.39, 0.29) is 4.75 Å². The molecule has 1 unspecified atom stereocenters. The molecule has 0 amide bonds. The fraction of sp³-hybridized carbons (Fsp3) is 1.00. The van der Waals surface area contributed by atoms with Crippen LogP contribution in [-0.2, 0) is 0 Å². The van der Waals surface area contributed by atoms with E-state index in [0.29, 0.717) is 0 Å². The molecule has 56 valence electrons. The highest BCUT2D eigenvalue weighted by atomic mass is 32.1. The molecule has 0 heterocycles. The summed E-state index contributed by atoms with van der Waals surface area (Å²) in [5.74, 6) is 1.58. The summed E-state index contributed by atoms with van der Waals surface area (Å²) in [6, 6.07) is 0. The normalized spacial score (nSPS) is 18.0. The van der Waals surface area contributed by atoms with Gasteiger partial charge >= 0.3 is 0 Å². The standard InChI is InChI=1S/C7H16S2/c1-6(2)4-7(3,9)5-8/h6,8-9H,4-5H2,1-3H3. The zero-order valence-electron chi connectivity index (χ0n) is 6.39. The average molecular weight is 164 g/mol. The lowest BCUT2D eigenvalue weighted by atomic mass is 10.00. The van der Waals surface area contributed by atoms with Crippen molar-refractivity contribution in [3.8, 4) is 0 Å². The molecular weight excluding hydrogens is 148 g/mol. The Morgan fingerprint density at radius 3 is 2.00 bits per heavy atom. The van der Waals surface area contributed by atoms with Gasteiger partial charge in [-0.15, -0.1) is 0 Å². The van der Waals surface area contributed by atoms with Gasteiger partial charge in [0.2, 0.25) is 0 Å². The van der Waals surface area contributed by atoms with Crippen LogP contribution in [0.2, 0.25) is 0 Å². The van der Waals surface area contributed by atoms with Crippen molar-refractivity contribution in [2.45, 2.75) is 31.9 Å². The summed E-state index contributed by atoms with van der Waals surface area (Å²) in [6.45, 7) is 6.54. The summed E-state index contributed by atoms with van der Waals surface area (Å²) < 4.78 is 0.122. The van der Waals surface area contributed by atoms with Crippen LogP contribution in [0.15, 0.2) is 0 Å². The van der Waals surface area contributed by atoms with Gasteiger partial charge in [0.15, 0.2) is 0 Å². The van der Waals surface area contributed by atoms with Crippen LogP contribution in [0.5, 0.6) is 0 Å². The van der Waals surface area contributed by atoms with Gasteiger partial charge in [-0.25, -0.2) is 0 Å². The Balaban J connectivity index is 3.58. The fourth-order valence-corrected chi connectivity index (χ4v) is 1.44. The number of rotatable bonds is 3. The van der Waals surface area contributed by atoms with E-state index in [1.54, 1.807) is 0 Å². The predicted octanol–water partition coefficient (Wildman–Crippen LogP) is 2.65. The lowest BCUT2D eigenvalue weighted by Gasteiger charge is -2.22. The van der Waals surface area contributed by atoms with Crippen molar-refractivity contribution in [1.82, 2.24) is 0 Å². The molecule has 0 saturated carbocycles. The topological polar surface area (TPSA) is 0 Å². The van der Waals surface area contributed by atoms with Gasteiger partial charge in [0.25, 0.3) is 0 Å². The Morgan fingerprint density at radius 2 is 1.89 bits per heavy atom. The molecule has 0 rings (SSSR count). The molecule has 0 aliphatic heterocycles. The molecule has 0 radical (unpaired) electrons. The van der Waals surface area contributed by atoms with Gasteiger partial charge in [-0.3, -0.25) is 0 Å². The van der Waals surface area contributed by atoms with Crippen molar-refractivity contribution in [1.29, 1.82) is 0 Å². The smallest absolute Gasteiger partial charge is 0.0192 e. The van der Waals surface area contributed by atoms with Gasteiger partial charge in [-0.1, -0.05) is 13.8 Å². The van der Waals surface area contributed by atoms with Crippen molar-refractivity contribution in [3.63, 3.8) is 0 Å². The average Bonchev–Trinajstić information content (AvgIpc) is 1.63. The Hall–Kier alpha value is 0.700. The molecule has 0 N–H and O–H groups in total. The van der Waals surface area contributed by atoms with E-state index in [1.807, 2.05) is 0 Å². The van der Waals surface area contributed by atoms with Crippen LogP contribution in [0.25, 0.3) is 0 Å². The second kappa shape index (κ2) is 3.77. The quantitative estimate of drug-likeness (QED) is 0.589. The van der Waals surface area contributed by atoms with E-state index in [0.717, 1.165) is 18.1 Å². The van der Waals surface area contributed by atoms with Gasteiger partial charge in [0.05, 0.1) is 0 Å². The van der Waals surface area contributed by atoms with Gasteiger partial charge in [-0.05, 0) is 19.3 Å². The monoisotopic (exact) mass is 164 g/mol. The molecule has 9 heavy (non-hydrogen) atoms. The summed E-state index contributed by atoms with van der Waals surface area (Å²) in [4.78, 5) is 0. The first-order chi connectivity index (χ1) is 3.98. The molecule has 0 aromatic heterocycles. The third-order valence-electron chi connectivity index (χ3n) is 1.19. The summed E-state index contributed by atoms with van der Waals surface area (Å²) in [7, 11) is 0. The lowest BCUT2D eigenvalue weighted by Crippen LogP contribution is -2.20. The molecule has 0 aromatic rings. The van der Waals surface area contributed by atoms with E-state index in [9.17, 15) is 0 Å². The van der Waals surface area contributed by atoms with Crippen LogP contribution in [0.4, 0.5) is 0 Å². The second-order valence-corrected chi connectivity index (χ2v) is 4.65. The van der Waals surface area contributed by atoms with Crippen molar-refractivity contribution < 1.29 is 0 Å². The minimum absolute atomic E-state index is 0.122. The maximum Gasteiger partial charge on any atom is 0.0192 e. The van der Waals surface area contributed by atoms with Crippen LogP contribution in [0, 0.1) is 5.92 Å². The highest BCUT2D eigenvalue weighted by Crippen LogP contribution is 2.24. The maximum atomic E-state index is 4.45. The van der Waals surface area contributed by atoms with Crippen LogP contribution in [-0.4, -0.2) is 10.5 Å². The molecule has 2 heteroatoms. The van der Waals surface area contributed by atoms with Gasteiger partial charge in [0.1, 0.15) is 0 Å². The van der Waals surface area contributed by atoms with Crippen molar-refractivity contribution in [2.75, 3.05) is 5.75 Å². The van der Waals surface area contributed by atoms with Gasteiger partial charge in [-0.2, -0.15) is 25.3 Å². The summed E-state index contributed by atoms with van der Waals surface area (Å²) in [5, 5.41) is 0. The molecule has 0 spiro atoms. The molecular formula is C7H16S2. The highest BCUT2D eigenvalue weighted by molar-refractivity contribution is 7.85. The van der Waals surface area contributed by atoms with Crippen molar-refractivity contribution in [3.05, 3.63) is 0 Å². The SMILES string of the molecule is CC(C)CC(C)(S)CS. The third-order valence-corrected chi connectivity index (χ3v) is 2.48. The molecule has 0 bridgehead atoms. The van der Waals surface area contributed by atoms with E-state index < -0.39 is 0 Å². The minimum atomic E-state index is 0.122.